The van der Waals surface area contributed by atoms with Gasteiger partial charge in [0.25, 0.3) is 0 Å². The molecule has 0 rings (SSSR count). The Balaban J connectivity index is 5.85. The van der Waals surface area contributed by atoms with Crippen LogP contribution in [0.4, 0.5) is 0 Å². The van der Waals surface area contributed by atoms with E-state index in [-0.39, 0.29) is 5.41 Å². The first-order valence-electron chi connectivity index (χ1n) is 7.92. The number of aliphatic carboxylic acids is 1. The van der Waals surface area contributed by atoms with Gasteiger partial charge in [0.05, 0.1) is 0 Å². The number of carboxylic acids is 1. The Labute approximate surface area is 142 Å². The highest BCUT2D eigenvalue weighted by Gasteiger charge is 2.58. The summed E-state index contributed by atoms with van der Waals surface area (Å²) in [5, 5.41) is 7.94. The van der Waals surface area contributed by atoms with Crippen LogP contribution in [-0.4, -0.2) is 38.9 Å². The Morgan fingerprint density at radius 1 is 1.04 bits per heavy atom. The third-order valence-corrected chi connectivity index (χ3v) is 11.5. The van der Waals surface area contributed by atoms with Crippen molar-refractivity contribution in [2.75, 3.05) is 0 Å². The number of ether oxygens (including phenoxy) is 1. The lowest BCUT2D eigenvalue weighted by Gasteiger charge is -2.53. The minimum absolute atomic E-state index is 0.330. The highest BCUT2D eigenvalue weighted by molar-refractivity contribution is 6.85. The molecule has 1 N–H and O–H groups in total. The van der Waals surface area contributed by atoms with E-state index in [0.29, 0.717) is 6.42 Å². The molecule has 23 heavy (non-hydrogen) atoms. The highest BCUT2D eigenvalue weighted by atomic mass is 28.4. The average Bonchev–Trinajstić information content (AvgIpc) is 2.28. The van der Waals surface area contributed by atoms with Crippen LogP contribution in [0.3, 0.4) is 0 Å². The van der Waals surface area contributed by atoms with Crippen LogP contribution in [0.1, 0.15) is 34.1 Å². The number of hydrogen-bond donors (Lipinski definition) is 1. The molecular formula is C16H32O5Si2. The molecule has 134 valence electrons. The maximum atomic E-state index is 12.2. The summed E-state index contributed by atoms with van der Waals surface area (Å²) in [4.78, 5) is 22.8. The molecule has 1 unspecified atom stereocenters. The summed E-state index contributed by atoms with van der Waals surface area (Å²) >= 11 is 0. The van der Waals surface area contributed by atoms with Crippen molar-refractivity contribution in [3.63, 3.8) is 0 Å². The van der Waals surface area contributed by atoms with Gasteiger partial charge < -0.3 is 14.0 Å². The molecule has 0 aliphatic heterocycles. The van der Waals surface area contributed by atoms with Gasteiger partial charge >= 0.3 is 11.9 Å². The van der Waals surface area contributed by atoms with Crippen LogP contribution in [0.2, 0.25) is 32.7 Å². The maximum Gasteiger partial charge on any atom is 0.331 e. The van der Waals surface area contributed by atoms with E-state index in [1.165, 1.54) is 0 Å². The van der Waals surface area contributed by atoms with Crippen molar-refractivity contribution in [2.45, 2.75) is 72.1 Å². The molecule has 0 fully saturated rings. The molecule has 0 saturated heterocycles. The Kier molecular flexibility index (Phi) is 7.02. The first-order chi connectivity index (χ1) is 10.1. The highest BCUT2D eigenvalue weighted by Crippen LogP contribution is 2.45. The van der Waals surface area contributed by atoms with Crippen molar-refractivity contribution in [1.82, 2.24) is 0 Å². The molecule has 0 aromatic rings. The second kappa shape index (κ2) is 7.31. The molecule has 7 heteroatoms. The van der Waals surface area contributed by atoms with Crippen molar-refractivity contribution < 1.29 is 23.5 Å². The van der Waals surface area contributed by atoms with E-state index in [9.17, 15) is 9.59 Å². The van der Waals surface area contributed by atoms with Gasteiger partial charge in [0, 0.05) is 17.6 Å². The van der Waals surface area contributed by atoms with Crippen LogP contribution in [0.5, 0.6) is 0 Å². The zero-order valence-electron chi connectivity index (χ0n) is 15.9. The van der Waals surface area contributed by atoms with E-state index in [4.69, 9.17) is 14.0 Å². The minimum atomic E-state index is -2.44. The van der Waals surface area contributed by atoms with Crippen molar-refractivity contribution in [3.05, 3.63) is 12.2 Å². The van der Waals surface area contributed by atoms with E-state index in [1.807, 2.05) is 27.7 Å². The van der Waals surface area contributed by atoms with Crippen LogP contribution in [0.15, 0.2) is 12.2 Å². The number of carboxylic acid groups (broad SMARTS) is 1. The van der Waals surface area contributed by atoms with Crippen LogP contribution in [-0.2, 0) is 18.4 Å². The lowest BCUT2D eigenvalue weighted by Crippen LogP contribution is -2.67. The van der Waals surface area contributed by atoms with E-state index in [1.54, 1.807) is 0 Å². The third-order valence-electron chi connectivity index (χ3n) is 3.88. The van der Waals surface area contributed by atoms with Gasteiger partial charge in [0.2, 0.25) is 8.32 Å². The fourth-order valence-electron chi connectivity index (χ4n) is 3.40. The summed E-state index contributed by atoms with van der Waals surface area (Å²) in [6.45, 7) is 18.6. The van der Waals surface area contributed by atoms with Gasteiger partial charge in [-0.25, -0.2) is 9.59 Å². The topological polar surface area (TPSA) is 72.8 Å². The molecule has 0 aromatic heterocycles. The minimum Gasteiger partial charge on any atom is -0.478 e. The molecule has 0 bridgehead atoms. The molecule has 0 amide bonds. The fourth-order valence-corrected chi connectivity index (χ4v) is 13.2. The lowest BCUT2D eigenvalue weighted by molar-refractivity contribution is -0.157. The predicted octanol–water partition coefficient (Wildman–Crippen LogP) is 3.96. The molecule has 0 heterocycles. The zero-order chi connectivity index (χ0) is 18.7. The van der Waals surface area contributed by atoms with Gasteiger partial charge in [0.1, 0.15) is 5.22 Å². The summed E-state index contributed by atoms with van der Waals surface area (Å²) in [6.07, 6.45) is 2.39. The van der Waals surface area contributed by atoms with Crippen LogP contribution in [0, 0.1) is 5.41 Å². The Morgan fingerprint density at radius 3 is 1.83 bits per heavy atom. The second-order valence-electron chi connectivity index (χ2n) is 8.25. The summed E-state index contributed by atoms with van der Waals surface area (Å²) in [5.74, 6) is -1.81. The largest absolute Gasteiger partial charge is 0.478 e. The normalized spacial score (nSPS) is 16.2. The average molecular weight is 361 g/mol. The van der Waals surface area contributed by atoms with E-state index in [0.717, 1.165) is 12.2 Å². The van der Waals surface area contributed by atoms with E-state index in [2.05, 4.69) is 32.7 Å². The lowest BCUT2D eigenvalue weighted by atomic mass is 9.86. The van der Waals surface area contributed by atoms with Crippen molar-refractivity contribution >= 4 is 28.6 Å². The van der Waals surface area contributed by atoms with Crippen LogP contribution >= 0.6 is 0 Å². The maximum absolute atomic E-state index is 12.2. The number of rotatable bonds is 7. The summed E-state index contributed by atoms with van der Waals surface area (Å²) in [7, 11) is -4.26. The smallest absolute Gasteiger partial charge is 0.331 e. The van der Waals surface area contributed by atoms with Crippen molar-refractivity contribution in [2.24, 2.45) is 5.41 Å². The number of carbonyl (C=O) groups excluding carboxylic acids is 1. The monoisotopic (exact) mass is 360 g/mol. The first kappa shape index (κ1) is 22.1. The van der Waals surface area contributed by atoms with Gasteiger partial charge in [-0.1, -0.05) is 27.7 Å². The molecule has 0 saturated carbocycles. The van der Waals surface area contributed by atoms with Gasteiger partial charge in [-0.05, 0) is 39.2 Å². The molecule has 0 spiro atoms. The van der Waals surface area contributed by atoms with Crippen LogP contribution in [0.25, 0.3) is 0 Å². The van der Waals surface area contributed by atoms with Crippen LogP contribution < -0.4 is 0 Å². The van der Waals surface area contributed by atoms with Crippen molar-refractivity contribution in [3.8, 4) is 0 Å². The Bertz CT molecular complexity index is 472. The van der Waals surface area contributed by atoms with Crippen molar-refractivity contribution in [1.29, 1.82) is 0 Å². The molecule has 0 aliphatic carbocycles. The van der Waals surface area contributed by atoms with E-state index < -0.39 is 33.8 Å². The van der Waals surface area contributed by atoms with E-state index >= 15 is 0 Å². The fraction of sp³-hybridized carbons (Fsp3) is 0.750. The Hall–Kier alpha value is -0.926. The molecule has 0 radical (unpaired) electrons. The number of esters is 1. The molecule has 0 aliphatic rings. The molecule has 0 aromatic carbocycles. The van der Waals surface area contributed by atoms with Gasteiger partial charge in [-0.2, -0.15) is 0 Å². The third kappa shape index (κ3) is 5.89. The van der Waals surface area contributed by atoms with Gasteiger partial charge in [0.15, 0.2) is 8.32 Å². The summed E-state index contributed by atoms with van der Waals surface area (Å²) in [5.41, 5.74) is -0.330. The summed E-state index contributed by atoms with van der Waals surface area (Å²) in [6, 6.07) is 0. The quantitative estimate of drug-likeness (QED) is 0.422. The SMILES string of the molecule is CCC(OC(=O)C=CC(=O)O)(C(C)(C)C)[Si](C)(C)O[Si](C)(C)C. The number of carbonyl (C=O) groups is 2. The second-order valence-corrected chi connectivity index (χ2v) is 17.1. The Morgan fingerprint density at radius 2 is 1.52 bits per heavy atom. The molecule has 1 atom stereocenters. The molecular weight excluding hydrogens is 328 g/mol. The number of hydrogen-bond acceptors (Lipinski definition) is 4. The predicted molar refractivity (Wildman–Crippen MR) is 97.3 cm³/mol. The summed E-state index contributed by atoms with van der Waals surface area (Å²) < 4.78 is 12.4. The first-order valence-corrected chi connectivity index (χ1v) is 14.2. The standard InChI is InChI=1S/C16H32O5Si2/c1-10-16(15(2,3)4,20-14(19)12-11-13(17)18)23(8,9)21-22(5,6)7/h11-12H,10H2,1-9H3,(H,17,18). The van der Waals surface area contributed by atoms with Gasteiger partial charge in [-0.3, -0.25) is 0 Å². The van der Waals surface area contributed by atoms with Gasteiger partial charge in [-0.15, -0.1) is 0 Å². The zero-order valence-corrected chi connectivity index (χ0v) is 17.9. The molecule has 5 nitrogen and oxygen atoms in total.